The van der Waals surface area contributed by atoms with Crippen LogP contribution in [0, 0.1) is 11.8 Å². The van der Waals surface area contributed by atoms with Crippen molar-refractivity contribution >= 4 is 17.4 Å². The molecule has 2 aromatic heterocycles. The Kier molecular flexibility index (Phi) is 2.98. The second-order valence-corrected chi connectivity index (χ2v) is 4.66. The second-order valence-electron chi connectivity index (χ2n) is 4.66. The number of hydrogen-bond donors (Lipinski definition) is 1. The molecule has 21 heavy (non-hydrogen) atoms. The van der Waals surface area contributed by atoms with Gasteiger partial charge in [-0.05, 0) is 24.2 Å². The molecule has 0 spiro atoms. The Balaban J connectivity index is 2.33. The molecule has 0 atom stereocenters. The normalized spacial score (nSPS) is 10.7. The second kappa shape index (κ2) is 4.82. The number of carboxylic acids is 1. The van der Waals surface area contributed by atoms with Crippen molar-refractivity contribution in [3.05, 3.63) is 58.6 Å². The fourth-order valence-electron chi connectivity index (χ4n) is 2.21. The molecule has 0 unspecified atom stereocenters. The number of rotatable bonds is 3. The van der Waals surface area contributed by atoms with Crippen molar-refractivity contribution in [3.63, 3.8) is 0 Å². The minimum atomic E-state index is -1.10. The number of pyridine rings is 1. The number of carboxylic acid groups (broad SMARTS) is 1. The van der Waals surface area contributed by atoms with Gasteiger partial charge in [0, 0.05) is 11.8 Å². The Morgan fingerprint density at radius 3 is 2.57 bits per heavy atom. The molecule has 6 nitrogen and oxygen atoms in total. The number of imidazole rings is 1. The van der Waals surface area contributed by atoms with Crippen LogP contribution in [-0.2, 0) is 0 Å². The molecule has 3 aromatic rings. The fourth-order valence-corrected chi connectivity index (χ4v) is 2.21. The van der Waals surface area contributed by atoms with Crippen LogP contribution in [0.5, 0.6) is 0 Å². The molecule has 0 fully saturated rings. The first-order chi connectivity index (χ1) is 10.1. The van der Waals surface area contributed by atoms with Crippen LogP contribution >= 0.6 is 0 Å². The summed E-state index contributed by atoms with van der Waals surface area (Å²) in [5.41, 5.74) is 2.40. The predicted molar refractivity (Wildman–Crippen MR) is 77.8 cm³/mol. The molecule has 0 saturated carbocycles. The maximum Gasteiger partial charge on any atom is 0.339 e. The summed E-state index contributed by atoms with van der Waals surface area (Å²) in [4.78, 5) is 26.7. The van der Waals surface area contributed by atoms with Gasteiger partial charge in [-0.25, -0.2) is 9.78 Å². The smallest absolute Gasteiger partial charge is 0.339 e. The minimum Gasteiger partial charge on any atom is -0.478 e. The highest BCUT2D eigenvalue weighted by Gasteiger charge is 2.19. The fraction of sp³-hybridized carbons (Fsp3) is 0.0667. The lowest BCUT2D eigenvalue weighted by Crippen LogP contribution is -1.99. The van der Waals surface area contributed by atoms with Gasteiger partial charge in [0.25, 0.3) is 0 Å². The number of carbonyl (C=O) groups is 1. The highest BCUT2D eigenvalue weighted by Crippen LogP contribution is 2.31. The van der Waals surface area contributed by atoms with E-state index in [0.717, 1.165) is 11.1 Å². The lowest BCUT2D eigenvalue weighted by atomic mass is 10.1. The highest BCUT2D eigenvalue weighted by atomic mass is 16.4. The van der Waals surface area contributed by atoms with E-state index in [-0.39, 0.29) is 17.0 Å². The van der Waals surface area contributed by atoms with Gasteiger partial charge in [0.1, 0.15) is 11.3 Å². The van der Waals surface area contributed by atoms with E-state index in [1.807, 2.05) is 31.2 Å². The summed E-state index contributed by atoms with van der Waals surface area (Å²) in [5, 5.41) is 12.2. The Bertz CT molecular complexity index is 850. The zero-order chi connectivity index (χ0) is 15.0. The lowest BCUT2D eigenvalue weighted by Gasteiger charge is -1.98. The molecule has 0 radical (unpaired) electrons. The standard InChI is InChI=1S/C15H11N3O3/c1-9-4-6-10(7-5-9)12-14(17-21)18-8-2-3-11(15(19)20)13(18)16-12/h2-8H,1H3,(H,19,20). The van der Waals surface area contributed by atoms with Crippen molar-refractivity contribution < 1.29 is 9.90 Å². The number of aromatic carboxylic acids is 1. The van der Waals surface area contributed by atoms with E-state index < -0.39 is 5.97 Å². The van der Waals surface area contributed by atoms with Crippen LogP contribution in [0.1, 0.15) is 15.9 Å². The van der Waals surface area contributed by atoms with Gasteiger partial charge >= 0.3 is 5.97 Å². The molecule has 0 amide bonds. The largest absolute Gasteiger partial charge is 0.478 e. The van der Waals surface area contributed by atoms with E-state index in [1.165, 1.54) is 10.5 Å². The van der Waals surface area contributed by atoms with Gasteiger partial charge in [0.15, 0.2) is 5.65 Å². The van der Waals surface area contributed by atoms with Crippen molar-refractivity contribution in [2.75, 3.05) is 0 Å². The third-order valence-electron chi connectivity index (χ3n) is 3.27. The minimum absolute atomic E-state index is 0.0285. The third-order valence-corrected chi connectivity index (χ3v) is 3.27. The van der Waals surface area contributed by atoms with Gasteiger partial charge in [-0.1, -0.05) is 29.8 Å². The van der Waals surface area contributed by atoms with Gasteiger partial charge in [-0.15, -0.1) is 4.91 Å². The number of fused-ring (bicyclic) bond motifs is 1. The van der Waals surface area contributed by atoms with Crippen LogP contribution in [0.2, 0.25) is 0 Å². The molecule has 104 valence electrons. The molecule has 0 aliphatic carbocycles. The van der Waals surface area contributed by atoms with Gasteiger partial charge < -0.3 is 5.11 Å². The number of benzene rings is 1. The van der Waals surface area contributed by atoms with Crippen molar-refractivity contribution in [2.24, 2.45) is 5.18 Å². The first kappa shape index (κ1) is 13.0. The van der Waals surface area contributed by atoms with Crippen LogP contribution in [0.3, 0.4) is 0 Å². The number of nitroso groups, excluding NO2 is 1. The molecule has 2 heterocycles. The third kappa shape index (κ3) is 2.06. The van der Waals surface area contributed by atoms with E-state index in [2.05, 4.69) is 10.2 Å². The number of hydrogen-bond acceptors (Lipinski definition) is 4. The molecule has 0 saturated heterocycles. The van der Waals surface area contributed by atoms with E-state index in [9.17, 15) is 14.8 Å². The Labute approximate surface area is 119 Å². The summed E-state index contributed by atoms with van der Waals surface area (Å²) in [6.07, 6.45) is 1.57. The van der Waals surface area contributed by atoms with Gasteiger partial charge in [0.05, 0.1) is 0 Å². The molecule has 1 N–H and O–H groups in total. The molecule has 1 aromatic carbocycles. The van der Waals surface area contributed by atoms with Gasteiger partial charge in [-0.2, -0.15) is 0 Å². The topological polar surface area (TPSA) is 84.0 Å². The molecule has 3 rings (SSSR count). The summed E-state index contributed by atoms with van der Waals surface area (Å²) in [5.74, 6) is -1.00. The summed E-state index contributed by atoms with van der Waals surface area (Å²) in [6, 6.07) is 10.4. The van der Waals surface area contributed by atoms with Crippen molar-refractivity contribution in [1.82, 2.24) is 9.38 Å². The Morgan fingerprint density at radius 2 is 1.95 bits per heavy atom. The maximum atomic E-state index is 11.2. The van der Waals surface area contributed by atoms with Gasteiger partial charge in [0.2, 0.25) is 5.82 Å². The summed E-state index contributed by atoms with van der Waals surface area (Å²) in [6.45, 7) is 1.95. The lowest BCUT2D eigenvalue weighted by molar-refractivity contribution is 0.0698. The van der Waals surface area contributed by atoms with E-state index in [4.69, 9.17) is 0 Å². The predicted octanol–water partition coefficient (Wildman–Crippen LogP) is 3.41. The summed E-state index contributed by atoms with van der Waals surface area (Å²) in [7, 11) is 0. The molecular weight excluding hydrogens is 270 g/mol. The highest BCUT2D eigenvalue weighted by molar-refractivity contribution is 5.95. The average Bonchev–Trinajstić information content (AvgIpc) is 2.86. The van der Waals surface area contributed by atoms with Crippen molar-refractivity contribution in [3.8, 4) is 11.3 Å². The van der Waals surface area contributed by atoms with Crippen LogP contribution < -0.4 is 0 Å². The van der Waals surface area contributed by atoms with Crippen molar-refractivity contribution in [2.45, 2.75) is 6.92 Å². The van der Waals surface area contributed by atoms with Crippen LogP contribution in [0.25, 0.3) is 16.9 Å². The SMILES string of the molecule is Cc1ccc(-c2nc3c(C(=O)O)cccn3c2N=O)cc1. The number of aromatic nitrogens is 2. The Morgan fingerprint density at radius 1 is 1.24 bits per heavy atom. The number of aryl methyl sites for hydroxylation is 1. The van der Waals surface area contributed by atoms with E-state index in [1.54, 1.807) is 12.3 Å². The monoisotopic (exact) mass is 281 g/mol. The zero-order valence-electron chi connectivity index (χ0n) is 11.1. The Hall–Kier alpha value is -3.02. The average molecular weight is 281 g/mol. The quantitative estimate of drug-likeness (QED) is 0.745. The maximum absolute atomic E-state index is 11.2. The molecule has 0 aliphatic heterocycles. The summed E-state index contributed by atoms with van der Waals surface area (Å²) >= 11 is 0. The van der Waals surface area contributed by atoms with E-state index in [0.29, 0.717) is 5.69 Å². The first-order valence-corrected chi connectivity index (χ1v) is 6.26. The molecule has 0 aliphatic rings. The number of nitrogens with zero attached hydrogens (tertiary/aromatic N) is 3. The molecule has 0 bridgehead atoms. The van der Waals surface area contributed by atoms with Gasteiger partial charge in [-0.3, -0.25) is 4.40 Å². The van der Waals surface area contributed by atoms with E-state index >= 15 is 0 Å². The van der Waals surface area contributed by atoms with Crippen LogP contribution in [0.4, 0.5) is 5.82 Å². The van der Waals surface area contributed by atoms with Crippen molar-refractivity contribution in [1.29, 1.82) is 0 Å². The van der Waals surface area contributed by atoms with Crippen LogP contribution in [-0.4, -0.2) is 20.5 Å². The molecule has 6 heteroatoms. The molecular formula is C15H11N3O3. The van der Waals surface area contributed by atoms with Crippen LogP contribution in [0.15, 0.2) is 47.8 Å². The first-order valence-electron chi connectivity index (χ1n) is 6.26. The summed E-state index contributed by atoms with van der Waals surface area (Å²) < 4.78 is 1.39. The zero-order valence-corrected chi connectivity index (χ0v) is 11.1.